The Kier molecular flexibility index (Phi) is 7.07. The molecule has 0 saturated heterocycles. The number of carbonyl (C=O) groups is 2. The molecule has 2 aromatic rings. The Labute approximate surface area is 165 Å². The summed E-state index contributed by atoms with van der Waals surface area (Å²) < 4.78 is 0. The highest BCUT2D eigenvalue weighted by atomic mass is 32.1. The van der Waals surface area contributed by atoms with Gasteiger partial charge in [0.05, 0.1) is 0 Å². The van der Waals surface area contributed by atoms with Gasteiger partial charge < -0.3 is 10.6 Å². The predicted octanol–water partition coefficient (Wildman–Crippen LogP) is 4.53. The zero-order valence-electron chi connectivity index (χ0n) is 16.0. The molecule has 0 spiro atoms. The second-order valence-electron chi connectivity index (χ2n) is 6.91. The van der Waals surface area contributed by atoms with Crippen molar-refractivity contribution in [1.82, 2.24) is 5.32 Å². The summed E-state index contributed by atoms with van der Waals surface area (Å²) in [4.78, 5) is 24.1. The molecule has 0 unspecified atom stereocenters. The molecule has 0 atom stereocenters. The summed E-state index contributed by atoms with van der Waals surface area (Å²) in [6.45, 7) is 7.86. The maximum absolute atomic E-state index is 12.3. The van der Waals surface area contributed by atoms with Gasteiger partial charge in [0.25, 0.3) is 5.91 Å². The van der Waals surface area contributed by atoms with Crippen molar-refractivity contribution in [3.05, 3.63) is 59.7 Å². The number of benzene rings is 2. The highest BCUT2D eigenvalue weighted by Gasteiger charge is 2.10. The molecule has 0 heterocycles. The Morgan fingerprint density at radius 2 is 1.48 bits per heavy atom. The highest BCUT2D eigenvalue weighted by Crippen LogP contribution is 2.17. The number of hydrogen-bond acceptors (Lipinski definition) is 3. The lowest BCUT2D eigenvalue weighted by atomic mass is 10.0. The highest BCUT2D eigenvalue weighted by molar-refractivity contribution is 7.80. The van der Waals surface area contributed by atoms with Crippen LogP contribution in [0.25, 0.3) is 0 Å². The number of nitrogens with one attached hydrogen (secondary N) is 3. The summed E-state index contributed by atoms with van der Waals surface area (Å²) in [6.07, 6.45) is 0. The number of anilines is 2. The molecule has 3 N–H and O–H groups in total. The van der Waals surface area contributed by atoms with Gasteiger partial charge in [0.15, 0.2) is 5.11 Å². The number of carbonyl (C=O) groups excluding carboxylic acids is 2. The van der Waals surface area contributed by atoms with Crippen molar-refractivity contribution >= 4 is 40.5 Å². The van der Waals surface area contributed by atoms with E-state index in [1.807, 2.05) is 26.0 Å². The standard InChI is InChI=1S/C21H25N3O2S/c1-13(2)15-8-10-16(11-9-15)20(26)24-21(27)23-18-7-5-6-17(12-18)22-19(25)14(3)4/h5-14H,1-4H3,(H,22,25)(H2,23,24,26,27). The molecule has 2 aromatic carbocycles. The fourth-order valence-corrected chi connectivity index (χ4v) is 2.53. The monoisotopic (exact) mass is 383 g/mol. The summed E-state index contributed by atoms with van der Waals surface area (Å²) in [6, 6.07) is 14.6. The van der Waals surface area contributed by atoms with E-state index in [-0.39, 0.29) is 22.8 Å². The smallest absolute Gasteiger partial charge is 0.257 e. The topological polar surface area (TPSA) is 70.2 Å². The zero-order valence-corrected chi connectivity index (χ0v) is 16.8. The third-order valence-corrected chi connectivity index (χ3v) is 4.18. The molecule has 6 heteroatoms. The molecule has 5 nitrogen and oxygen atoms in total. The van der Waals surface area contributed by atoms with Gasteiger partial charge >= 0.3 is 0 Å². The average Bonchev–Trinajstić information content (AvgIpc) is 2.61. The van der Waals surface area contributed by atoms with Crippen LogP contribution >= 0.6 is 12.2 Å². The van der Waals surface area contributed by atoms with Gasteiger partial charge in [-0.25, -0.2) is 0 Å². The van der Waals surface area contributed by atoms with E-state index in [1.54, 1.807) is 36.4 Å². The van der Waals surface area contributed by atoms with Crippen molar-refractivity contribution < 1.29 is 9.59 Å². The summed E-state index contributed by atoms with van der Waals surface area (Å²) in [5, 5.41) is 8.65. The van der Waals surface area contributed by atoms with Crippen LogP contribution in [0.15, 0.2) is 48.5 Å². The van der Waals surface area contributed by atoms with E-state index in [0.717, 1.165) is 0 Å². The lowest BCUT2D eigenvalue weighted by Gasteiger charge is -2.12. The second kappa shape index (κ2) is 9.28. The van der Waals surface area contributed by atoms with Crippen molar-refractivity contribution in [2.24, 2.45) is 5.92 Å². The molecular weight excluding hydrogens is 358 g/mol. The minimum atomic E-state index is -0.271. The van der Waals surface area contributed by atoms with E-state index in [9.17, 15) is 9.59 Å². The molecule has 0 aliphatic heterocycles. The molecule has 0 aromatic heterocycles. The van der Waals surface area contributed by atoms with Gasteiger partial charge in [0, 0.05) is 22.9 Å². The molecule has 2 amide bonds. The van der Waals surface area contributed by atoms with Crippen LogP contribution in [0.1, 0.15) is 49.5 Å². The molecule has 0 aliphatic rings. The lowest BCUT2D eigenvalue weighted by Crippen LogP contribution is -2.34. The van der Waals surface area contributed by atoms with Gasteiger partial charge in [-0.3, -0.25) is 14.9 Å². The van der Waals surface area contributed by atoms with Crippen LogP contribution in [0.5, 0.6) is 0 Å². The van der Waals surface area contributed by atoms with E-state index < -0.39 is 0 Å². The van der Waals surface area contributed by atoms with E-state index >= 15 is 0 Å². The third-order valence-electron chi connectivity index (χ3n) is 3.98. The van der Waals surface area contributed by atoms with Crippen molar-refractivity contribution in [3.8, 4) is 0 Å². The fourth-order valence-electron chi connectivity index (χ4n) is 2.32. The molecule has 0 aliphatic carbocycles. The SMILES string of the molecule is CC(C)C(=O)Nc1cccc(NC(=S)NC(=O)c2ccc(C(C)C)cc2)c1. The minimum absolute atomic E-state index is 0.0622. The fraction of sp³-hybridized carbons (Fsp3) is 0.286. The van der Waals surface area contributed by atoms with Crippen molar-refractivity contribution in [2.45, 2.75) is 33.6 Å². The van der Waals surface area contributed by atoms with Crippen LogP contribution in [0.3, 0.4) is 0 Å². The van der Waals surface area contributed by atoms with Crippen LogP contribution in [-0.4, -0.2) is 16.9 Å². The maximum atomic E-state index is 12.3. The summed E-state index contributed by atoms with van der Waals surface area (Å²) >= 11 is 5.22. The van der Waals surface area contributed by atoms with Gasteiger partial charge in [0.1, 0.15) is 0 Å². The van der Waals surface area contributed by atoms with E-state index in [4.69, 9.17) is 12.2 Å². The molecule has 0 radical (unpaired) electrons. The van der Waals surface area contributed by atoms with Crippen LogP contribution in [0, 0.1) is 5.92 Å². The van der Waals surface area contributed by atoms with Gasteiger partial charge in [0.2, 0.25) is 5.91 Å². The quantitative estimate of drug-likeness (QED) is 0.664. The van der Waals surface area contributed by atoms with Crippen LogP contribution in [0.2, 0.25) is 0 Å². The average molecular weight is 384 g/mol. The minimum Gasteiger partial charge on any atom is -0.332 e. The van der Waals surface area contributed by atoms with E-state index in [1.165, 1.54) is 5.56 Å². The Hall–Kier alpha value is -2.73. The third kappa shape index (κ3) is 6.18. The summed E-state index contributed by atoms with van der Waals surface area (Å²) in [5.41, 5.74) is 3.06. The molecule has 0 fully saturated rings. The van der Waals surface area contributed by atoms with Crippen LogP contribution in [0.4, 0.5) is 11.4 Å². The van der Waals surface area contributed by atoms with Gasteiger partial charge in [-0.1, -0.05) is 45.9 Å². The number of thiocarbonyl (C=S) groups is 1. The Bertz CT molecular complexity index is 830. The first-order valence-electron chi connectivity index (χ1n) is 8.89. The number of rotatable bonds is 5. The first kappa shape index (κ1) is 20.6. The van der Waals surface area contributed by atoms with Crippen LogP contribution < -0.4 is 16.0 Å². The molecule has 0 bridgehead atoms. The molecule has 0 saturated carbocycles. The number of hydrogen-bond donors (Lipinski definition) is 3. The Balaban J connectivity index is 1.97. The number of amides is 2. The molecule has 142 valence electrons. The maximum Gasteiger partial charge on any atom is 0.257 e. The van der Waals surface area contributed by atoms with Crippen molar-refractivity contribution in [1.29, 1.82) is 0 Å². The lowest BCUT2D eigenvalue weighted by molar-refractivity contribution is -0.118. The Morgan fingerprint density at radius 3 is 2.04 bits per heavy atom. The van der Waals surface area contributed by atoms with E-state index in [0.29, 0.717) is 22.9 Å². The summed E-state index contributed by atoms with van der Waals surface area (Å²) in [7, 11) is 0. The second-order valence-corrected chi connectivity index (χ2v) is 7.32. The summed E-state index contributed by atoms with van der Waals surface area (Å²) in [5.74, 6) is -0.0303. The first-order valence-corrected chi connectivity index (χ1v) is 9.30. The molecular formula is C21H25N3O2S. The molecule has 2 rings (SSSR count). The van der Waals surface area contributed by atoms with Gasteiger partial charge in [-0.15, -0.1) is 0 Å². The zero-order chi connectivity index (χ0) is 20.0. The van der Waals surface area contributed by atoms with Crippen molar-refractivity contribution in [3.63, 3.8) is 0 Å². The van der Waals surface area contributed by atoms with E-state index in [2.05, 4.69) is 29.8 Å². The largest absolute Gasteiger partial charge is 0.332 e. The van der Waals surface area contributed by atoms with Gasteiger partial charge in [-0.2, -0.15) is 0 Å². The molecule has 27 heavy (non-hydrogen) atoms. The Morgan fingerprint density at radius 1 is 0.889 bits per heavy atom. The van der Waals surface area contributed by atoms with Gasteiger partial charge in [-0.05, 0) is 54.0 Å². The predicted molar refractivity (Wildman–Crippen MR) is 114 cm³/mol. The van der Waals surface area contributed by atoms with Crippen LogP contribution in [-0.2, 0) is 4.79 Å². The first-order chi connectivity index (χ1) is 12.8. The van der Waals surface area contributed by atoms with Crippen molar-refractivity contribution in [2.75, 3.05) is 10.6 Å². The normalized spacial score (nSPS) is 10.6.